The van der Waals surface area contributed by atoms with Crippen LogP contribution in [0.1, 0.15) is 11.6 Å². The molecule has 1 unspecified atom stereocenters. The number of nitrogens with zero attached hydrogens (tertiary/aromatic N) is 1. The fourth-order valence-corrected chi connectivity index (χ4v) is 2.75. The number of benzene rings is 2. The molecule has 0 bridgehead atoms. The van der Waals surface area contributed by atoms with Crippen molar-refractivity contribution in [3.8, 4) is 5.75 Å². The van der Waals surface area contributed by atoms with Gasteiger partial charge in [-0.05, 0) is 29.8 Å². The lowest BCUT2D eigenvalue weighted by Gasteiger charge is -2.43. The van der Waals surface area contributed by atoms with Crippen molar-refractivity contribution in [2.24, 2.45) is 0 Å². The summed E-state index contributed by atoms with van der Waals surface area (Å²) >= 11 is 0. The van der Waals surface area contributed by atoms with E-state index in [0.717, 1.165) is 11.3 Å². The number of hydrogen-bond donors (Lipinski definition) is 0. The van der Waals surface area contributed by atoms with Gasteiger partial charge < -0.3 is 9.47 Å². The summed E-state index contributed by atoms with van der Waals surface area (Å²) in [7, 11) is 2.88. The zero-order valence-electron chi connectivity index (χ0n) is 13.4. The van der Waals surface area contributed by atoms with E-state index in [-0.39, 0.29) is 11.9 Å². The van der Waals surface area contributed by atoms with E-state index in [2.05, 4.69) is 4.74 Å². The van der Waals surface area contributed by atoms with Gasteiger partial charge in [-0.15, -0.1) is 0 Å². The van der Waals surface area contributed by atoms with Crippen LogP contribution >= 0.6 is 0 Å². The molecule has 0 spiro atoms. The summed E-state index contributed by atoms with van der Waals surface area (Å²) in [6.45, 7) is 0. The Hall–Kier alpha value is -3.08. The molecule has 5 nitrogen and oxygen atoms in total. The molecule has 2 aromatic carbocycles. The van der Waals surface area contributed by atoms with Crippen molar-refractivity contribution in [1.82, 2.24) is 0 Å². The third-order valence-electron chi connectivity index (χ3n) is 3.96. The van der Waals surface area contributed by atoms with Gasteiger partial charge in [0.05, 0.1) is 25.8 Å². The average Bonchev–Trinajstić information content (AvgIpc) is 2.64. The van der Waals surface area contributed by atoms with E-state index in [0.29, 0.717) is 11.3 Å². The Labute approximate surface area is 140 Å². The zero-order chi connectivity index (χ0) is 17.1. The fraction of sp³-hybridized carbons (Fsp3) is 0.158. The van der Waals surface area contributed by atoms with Crippen molar-refractivity contribution < 1.29 is 19.1 Å². The Balaban J connectivity index is 2.00. The Morgan fingerprint density at radius 2 is 1.71 bits per heavy atom. The van der Waals surface area contributed by atoms with Crippen molar-refractivity contribution in [1.29, 1.82) is 0 Å². The first-order chi connectivity index (χ1) is 11.7. The predicted molar refractivity (Wildman–Crippen MR) is 89.8 cm³/mol. The molecule has 3 rings (SSSR count). The van der Waals surface area contributed by atoms with Gasteiger partial charge in [0.2, 0.25) is 0 Å². The van der Waals surface area contributed by atoms with Crippen LogP contribution in [-0.4, -0.2) is 26.1 Å². The van der Waals surface area contributed by atoms with Gasteiger partial charge in [-0.1, -0.05) is 30.3 Å². The minimum absolute atomic E-state index is 0.209. The number of esters is 1. The summed E-state index contributed by atoms with van der Waals surface area (Å²) in [6, 6.07) is 16.5. The quantitative estimate of drug-likeness (QED) is 0.493. The van der Waals surface area contributed by atoms with Crippen LogP contribution in [0.25, 0.3) is 0 Å². The lowest BCUT2D eigenvalue weighted by atomic mass is 9.87. The number of β-lactam (4-membered cyclic amide) rings is 1. The van der Waals surface area contributed by atoms with E-state index >= 15 is 0 Å². The highest BCUT2D eigenvalue weighted by atomic mass is 16.5. The molecule has 0 aliphatic carbocycles. The van der Waals surface area contributed by atoms with E-state index in [9.17, 15) is 9.59 Å². The van der Waals surface area contributed by atoms with Gasteiger partial charge in [0.25, 0.3) is 5.91 Å². The van der Waals surface area contributed by atoms with E-state index in [1.165, 1.54) is 13.2 Å². The van der Waals surface area contributed by atoms with Gasteiger partial charge >= 0.3 is 5.97 Å². The first kappa shape index (κ1) is 15.8. The largest absolute Gasteiger partial charge is 0.497 e. The maximum atomic E-state index is 12.6. The molecule has 122 valence electrons. The smallest absolute Gasteiger partial charge is 0.331 e. The number of rotatable bonds is 4. The third-order valence-corrected chi connectivity index (χ3v) is 3.96. The van der Waals surface area contributed by atoms with E-state index in [4.69, 9.17) is 4.74 Å². The number of amides is 1. The molecule has 1 amide bonds. The second-order valence-corrected chi connectivity index (χ2v) is 5.31. The van der Waals surface area contributed by atoms with Crippen LogP contribution in [-0.2, 0) is 14.3 Å². The molecule has 0 saturated carbocycles. The van der Waals surface area contributed by atoms with Crippen LogP contribution in [0, 0.1) is 0 Å². The van der Waals surface area contributed by atoms with E-state index < -0.39 is 5.97 Å². The van der Waals surface area contributed by atoms with Gasteiger partial charge in [0.1, 0.15) is 5.75 Å². The van der Waals surface area contributed by atoms with Crippen LogP contribution < -0.4 is 9.64 Å². The summed E-state index contributed by atoms with van der Waals surface area (Å²) in [5, 5.41) is 0. The molecule has 1 saturated heterocycles. The van der Waals surface area contributed by atoms with Crippen LogP contribution in [0.2, 0.25) is 0 Å². The van der Waals surface area contributed by atoms with E-state index in [1.807, 2.05) is 42.5 Å². The molecule has 0 aromatic heterocycles. The summed E-state index contributed by atoms with van der Waals surface area (Å²) in [5.41, 5.74) is 2.10. The number of anilines is 1. The van der Waals surface area contributed by atoms with Gasteiger partial charge in [0, 0.05) is 11.8 Å². The molecule has 24 heavy (non-hydrogen) atoms. The first-order valence-electron chi connectivity index (χ1n) is 7.48. The number of carbonyl (C=O) groups excluding carboxylic acids is 2. The molecule has 5 heteroatoms. The highest BCUT2D eigenvalue weighted by Gasteiger charge is 2.44. The van der Waals surface area contributed by atoms with E-state index in [1.54, 1.807) is 24.1 Å². The number of carbonyl (C=O) groups is 2. The molecule has 0 radical (unpaired) electrons. The first-order valence-corrected chi connectivity index (χ1v) is 7.48. The summed E-state index contributed by atoms with van der Waals surface area (Å²) in [6.07, 6.45) is 1.26. The number of methoxy groups -OCH3 is 2. The highest BCUT2D eigenvalue weighted by Crippen LogP contribution is 2.43. The van der Waals surface area contributed by atoms with Crippen LogP contribution in [0.5, 0.6) is 5.75 Å². The molecule has 1 heterocycles. The summed E-state index contributed by atoms with van der Waals surface area (Å²) in [5.74, 6) is -0.0265. The molecule has 1 aliphatic heterocycles. The van der Waals surface area contributed by atoms with Gasteiger partial charge in [-0.25, -0.2) is 4.79 Å². The lowest BCUT2D eigenvalue weighted by molar-refractivity contribution is -0.135. The Morgan fingerprint density at radius 1 is 1.04 bits per heavy atom. The molecule has 2 aromatic rings. The minimum Gasteiger partial charge on any atom is -0.497 e. The topological polar surface area (TPSA) is 55.8 Å². The number of hydrogen-bond acceptors (Lipinski definition) is 4. The molecular weight excluding hydrogens is 306 g/mol. The van der Waals surface area contributed by atoms with Crippen molar-refractivity contribution >= 4 is 17.6 Å². The Kier molecular flexibility index (Phi) is 4.33. The highest BCUT2D eigenvalue weighted by molar-refractivity contribution is 6.17. The predicted octanol–water partition coefficient (Wildman–Crippen LogP) is 2.88. The van der Waals surface area contributed by atoms with Crippen molar-refractivity contribution in [3.63, 3.8) is 0 Å². The molecule has 0 N–H and O–H groups in total. The van der Waals surface area contributed by atoms with Gasteiger partial charge in [-0.2, -0.15) is 0 Å². The summed E-state index contributed by atoms with van der Waals surface area (Å²) < 4.78 is 9.81. The Bertz CT molecular complexity index is 781. The Morgan fingerprint density at radius 3 is 2.29 bits per heavy atom. The lowest BCUT2D eigenvalue weighted by Crippen LogP contribution is -2.49. The van der Waals surface area contributed by atoms with Gasteiger partial charge in [-0.3, -0.25) is 9.69 Å². The normalized spacial score (nSPS) is 18.2. The molecule has 1 aliphatic rings. The maximum Gasteiger partial charge on any atom is 0.331 e. The van der Waals surface area contributed by atoms with Gasteiger partial charge in [0.15, 0.2) is 0 Å². The van der Waals surface area contributed by atoms with Crippen molar-refractivity contribution in [3.05, 3.63) is 71.8 Å². The zero-order valence-corrected chi connectivity index (χ0v) is 13.4. The fourth-order valence-electron chi connectivity index (χ4n) is 2.75. The molecule has 1 fully saturated rings. The van der Waals surface area contributed by atoms with Crippen molar-refractivity contribution in [2.75, 3.05) is 19.1 Å². The number of ether oxygens (including phenoxy) is 2. The van der Waals surface area contributed by atoms with Crippen LogP contribution in [0.4, 0.5) is 5.69 Å². The minimum atomic E-state index is -0.534. The second kappa shape index (κ2) is 6.58. The molecular formula is C19H17NO4. The summed E-state index contributed by atoms with van der Waals surface area (Å²) in [4.78, 5) is 25.8. The monoisotopic (exact) mass is 323 g/mol. The van der Waals surface area contributed by atoms with Crippen molar-refractivity contribution in [2.45, 2.75) is 6.04 Å². The third kappa shape index (κ3) is 2.76. The second-order valence-electron chi connectivity index (χ2n) is 5.31. The SMILES string of the molecule is COC(=O)/C=C1\C(=O)N(c2ccc(OC)cc2)C1c1ccccc1. The maximum absolute atomic E-state index is 12.6. The van der Waals surface area contributed by atoms with Crippen LogP contribution in [0.15, 0.2) is 66.2 Å². The average molecular weight is 323 g/mol. The van der Waals surface area contributed by atoms with Crippen LogP contribution in [0.3, 0.4) is 0 Å². The molecule has 1 atom stereocenters. The standard InChI is InChI=1S/C19H17NO4/c1-23-15-10-8-14(9-11-15)20-18(13-6-4-3-5-7-13)16(19(20)22)12-17(21)24-2/h3-12,18H,1-2H3/b16-12-.